The quantitative estimate of drug-likeness (QED) is 0.752. The maximum atomic E-state index is 13.7. The van der Waals surface area contributed by atoms with Crippen molar-refractivity contribution >= 4 is 23.3 Å². The Kier molecular flexibility index (Phi) is 3.27. The Morgan fingerprint density at radius 1 is 1.40 bits per heavy atom. The number of hydrogen-bond acceptors (Lipinski definition) is 3. The summed E-state index contributed by atoms with van der Waals surface area (Å²) in [6.07, 6.45) is 5.37. The van der Waals surface area contributed by atoms with Crippen LogP contribution in [-0.4, -0.2) is 26.2 Å². The first-order valence-electron chi connectivity index (χ1n) is 6.11. The number of benzene rings is 1. The van der Waals surface area contributed by atoms with E-state index in [1.165, 1.54) is 13.2 Å². The van der Waals surface area contributed by atoms with Crippen LogP contribution >= 0.6 is 12.2 Å². The third kappa shape index (κ3) is 2.20. The molecule has 3 rings (SSSR count). The normalized spacial score (nSPS) is 11.1. The lowest BCUT2D eigenvalue weighted by Crippen LogP contribution is -2.06. The van der Waals surface area contributed by atoms with Crippen molar-refractivity contribution in [2.24, 2.45) is 0 Å². The fourth-order valence-electron chi connectivity index (χ4n) is 2.17. The third-order valence-electron chi connectivity index (χ3n) is 3.19. The molecule has 0 aliphatic carbocycles. The number of methoxy groups -OCH3 is 1. The average molecular weight is 292 g/mol. The molecule has 1 N–H and O–H groups in total. The van der Waals surface area contributed by atoms with Gasteiger partial charge in [-0.15, -0.1) is 0 Å². The first kappa shape index (κ1) is 12.9. The van der Waals surface area contributed by atoms with Gasteiger partial charge in [-0.05, 0) is 12.2 Å². The van der Waals surface area contributed by atoms with Crippen molar-refractivity contribution in [1.82, 2.24) is 19.1 Å². The van der Waals surface area contributed by atoms with Crippen LogP contribution in [-0.2, 0) is 13.1 Å². The van der Waals surface area contributed by atoms with Crippen LogP contribution in [0.4, 0.5) is 4.39 Å². The van der Waals surface area contributed by atoms with Gasteiger partial charge in [0.1, 0.15) is 0 Å². The van der Waals surface area contributed by atoms with Crippen molar-refractivity contribution in [3.8, 4) is 5.75 Å². The number of hydrogen-bond donors (Lipinski definition) is 1. The van der Waals surface area contributed by atoms with E-state index in [1.807, 2.05) is 15.3 Å². The van der Waals surface area contributed by atoms with Gasteiger partial charge in [0.2, 0.25) is 0 Å². The molecular formula is C13H13FN4OS. The molecule has 0 aliphatic heterocycles. The van der Waals surface area contributed by atoms with Crippen molar-refractivity contribution in [1.29, 1.82) is 0 Å². The van der Waals surface area contributed by atoms with Crippen molar-refractivity contribution in [2.75, 3.05) is 7.11 Å². The van der Waals surface area contributed by atoms with E-state index in [0.717, 1.165) is 12.1 Å². The second kappa shape index (κ2) is 5.09. The van der Waals surface area contributed by atoms with Gasteiger partial charge >= 0.3 is 0 Å². The molecule has 5 nitrogen and oxygen atoms in total. The fraction of sp³-hybridized carbons (Fsp3) is 0.231. The molecule has 20 heavy (non-hydrogen) atoms. The molecule has 0 radical (unpaired) electrons. The zero-order valence-electron chi connectivity index (χ0n) is 10.8. The molecule has 3 aromatic rings. The number of aryl methyl sites for hydroxylation is 2. The molecule has 7 heteroatoms. The SMILES string of the molecule is COc1cc2c(cc1F)[nH]c(=S)n2CCn1ccnc1. The highest BCUT2D eigenvalue weighted by Gasteiger charge is 2.10. The molecule has 2 heterocycles. The number of halogens is 1. The Morgan fingerprint density at radius 2 is 2.25 bits per heavy atom. The molecule has 0 amide bonds. The molecule has 104 valence electrons. The van der Waals surface area contributed by atoms with Crippen LogP contribution in [0.2, 0.25) is 0 Å². The first-order chi connectivity index (χ1) is 9.69. The minimum absolute atomic E-state index is 0.211. The summed E-state index contributed by atoms with van der Waals surface area (Å²) in [7, 11) is 1.45. The van der Waals surface area contributed by atoms with E-state index in [1.54, 1.807) is 18.6 Å². The van der Waals surface area contributed by atoms with E-state index in [-0.39, 0.29) is 5.75 Å². The Hall–Kier alpha value is -2.15. The minimum atomic E-state index is -0.405. The van der Waals surface area contributed by atoms with Crippen molar-refractivity contribution in [2.45, 2.75) is 13.1 Å². The molecule has 0 atom stereocenters. The lowest BCUT2D eigenvalue weighted by Gasteiger charge is -2.07. The highest BCUT2D eigenvalue weighted by atomic mass is 32.1. The predicted octanol–water partition coefficient (Wildman–Crippen LogP) is 2.74. The van der Waals surface area contributed by atoms with Gasteiger partial charge in [0.25, 0.3) is 0 Å². The number of rotatable bonds is 4. The van der Waals surface area contributed by atoms with E-state index in [4.69, 9.17) is 17.0 Å². The number of aromatic amines is 1. The number of aromatic nitrogens is 4. The first-order valence-corrected chi connectivity index (χ1v) is 6.51. The molecule has 2 aromatic heterocycles. The molecule has 0 saturated heterocycles. The Balaban J connectivity index is 2.01. The topological polar surface area (TPSA) is 47.8 Å². The predicted molar refractivity (Wildman–Crippen MR) is 75.9 cm³/mol. The van der Waals surface area contributed by atoms with E-state index in [9.17, 15) is 4.39 Å². The molecule has 1 aromatic carbocycles. The van der Waals surface area contributed by atoms with Gasteiger partial charge in [0.05, 0.1) is 24.5 Å². The van der Waals surface area contributed by atoms with E-state index in [2.05, 4.69) is 9.97 Å². The van der Waals surface area contributed by atoms with E-state index < -0.39 is 5.82 Å². The number of nitrogens with zero attached hydrogens (tertiary/aromatic N) is 3. The van der Waals surface area contributed by atoms with Crippen molar-refractivity contribution in [3.63, 3.8) is 0 Å². The molecule has 0 unspecified atom stereocenters. The van der Waals surface area contributed by atoms with E-state index in [0.29, 0.717) is 16.8 Å². The zero-order valence-corrected chi connectivity index (χ0v) is 11.7. The van der Waals surface area contributed by atoms with Crippen LogP contribution in [0, 0.1) is 10.6 Å². The molecule has 0 saturated carbocycles. The maximum Gasteiger partial charge on any atom is 0.178 e. The van der Waals surface area contributed by atoms with Gasteiger partial charge in [0, 0.05) is 37.6 Å². The van der Waals surface area contributed by atoms with Crippen LogP contribution in [0.25, 0.3) is 11.0 Å². The van der Waals surface area contributed by atoms with Gasteiger partial charge in [0.15, 0.2) is 16.3 Å². The summed E-state index contributed by atoms with van der Waals surface area (Å²) in [6.45, 7) is 1.41. The Morgan fingerprint density at radius 3 is 2.95 bits per heavy atom. The number of ether oxygens (including phenoxy) is 1. The van der Waals surface area contributed by atoms with Crippen LogP contribution < -0.4 is 4.74 Å². The second-order valence-electron chi connectivity index (χ2n) is 4.39. The Bertz CT molecular complexity index is 791. The maximum absolute atomic E-state index is 13.7. The third-order valence-corrected chi connectivity index (χ3v) is 3.51. The van der Waals surface area contributed by atoms with Crippen molar-refractivity contribution in [3.05, 3.63) is 41.4 Å². The summed E-state index contributed by atoms with van der Waals surface area (Å²) >= 11 is 5.29. The average Bonchev–Trinajstić information content (AvgIpc) is 3.03. The van der Waals surface area contributed by atoms with Crippen LogP contribution in [0.15, 0.2) is 30.9 Å². The smallest absolute Gasteiger partial charge is 0.178 e. The monoisotopic (exact) mass is 292 g/mol. The summed E-state index contributed by atoms with van der Waals surface area (Å²) in [5, 5.41) is 0. The minimum Gasteiger partial charge on any atom is -0.494 e. The Labute approximate surface area is 119 Å². The number of fused-ring (bicyclic) bond motifs is 1. The highest BCUT2D eigenvalue weighted by Crippen LogP contribution is 2.24. The number of imidazole rings is 2. The molecular weight excluding hydrogens is 279 g/mol. The molecule has 0 bridgehead atoms. The summed E-state index contributed by atoms with van der Waals surface area (Å²) in [5.41, 5.74) is 1.49. The van der Waals surface area contributed by atoms with Crippen LogP contribution in [0.5, 0.6) is 5.75 Å². The summed E-state index contributed by atoms with van der Waals surface area (Å²) in [5.74, 6) is -0.194. The van der Waals surface area contributed by atoms with Gasteiger partial charge in [-0.2, -0.15) is 0 Å². The second-order valence-corrected chi connectivity index (χ2v) is 4.77. The summed E-state index contributed by atoms with van der Waals surface area (Å²) < 4.78 is 23.1. The number of H-pyrrole nitrogens is 1. The van der Waals surface area contributed by atoms with E-state index >= 15 is 0 Å². The lowest BCUT2D eigenvalue weighted by atomic mass is 10.3. The van der Waals surface area contributed by atoms with Gasteiger partial charge < -0.3 is 18.9 Å². The number of nitrogens with one attached hydrogen (secondary N) is 1. The lowest BCUT2D eigenvalue weighted by molar-refractivity contribution is 0.387. The fourth-order valence-corrected chi connectivity index (χ4v) is 2.47. The highest BCUT2D eigenvalue weighted by molar-refractivity contribution is 7.71. The molecule has 0 aliphatic rings. The van der Waals surface area contributed by atoms with Crippen molar-refractivity contribution < 1.29 is 9.13 Å². The largest absolute Gasteiger partial charge is 0.494 e. The molecule has 0 spiro atoms. The van der Waals surface area contributed by atoms with Gasteiger partial charge in [-0.3, -0.25) is 0 Å². The van der Waals surface area contributed by atoms with Gasteiger partial charge in [-0.1, -0.05) is 0 Å². The summed E-state index contributed by atoms with van der Waals surface area (Å²) in [4.78, 5) is 7.00. The van der Waals surface area contributed by atoms with Crippen LogP contribution in [0.3, 0.4) is 0 Å². The van der Waals surface area contributed by atoms with Gasteiger partial charge in [-0.25, -0.2) is 9.37 Å². The summed E-state index contributed by atoms with van der Waals surface area (Å²) in [6, 6.07) is 3.06. The zero-order chi connectivity index (χ0) is 14.1. The standard InChI is InChI=1S/C13H13FN4OS/c1-19-12-7-11-10(6-9(12)14)16-13(20)18(11)5-4-17-3-2-15-8-17/h2-3,6-8H,4-5H2,1H3,(H,16,20). The molecule has 0 fully saturated rings. The van der Waals surface area contributed by atoms with Crippen LogP contribution in [0.1, 0.15) is 0 Å².